The summed E-state index contributed by atoms with van der Waals surface area (Å²) in [4.78, 5) is 36.8. The molecule has 0 radical (unpaired) electrons. The summed E-state index contributed by atoms with van der Waals surface area (Å²) in [5.74, 6) is -0.915. The van der Waals surface area contributed by atoms with Gasteiger partial charge in [-0.25, -0.2) is 4.79 Å². The molecule has 11 nitrogen and oxygen atoms in total. The highest BCUT2D eigenvalue weighted by molar-refractivity contribution is 5.91. The predicted molar refractivity (Wildman–Crippen MR) is 145 cm³/mol. The number of nitrogens with one attached hydrogen (secondary N) is 2. The fourth-order valence-electron chi connectivity index (χ4n) is 3.84. The van der Waals surface area contributed by atoms with Crippen molar-refractivity contribution in [1.29, 1.82) is 0 Å². The highest BCUT2D eigenvalue weighted by Crippen LogP contribution is 2.23. The number of aryl methyl sites for hydroxylation is 2. The zero-order valence-electron chi connectivity index (χ0n) is 22.2. The van der Waals surface area contributed by atoms with Gasteiger partial charge in [-0.05, 0) is 42.2 Å². The minimum absolute atomic E-state index is 0.0291. The molecule has 0 saturated heterocycles. The molecule has 0 aliphatic heterocycles. The van der Waals surface area contributed by atoms with Crippen molar-refractivity contribution >= 4 is 17.7 Å². The first kappa shape index (κ1) is 29.8. The van der Waals surface area contributed by atoms with Crippen LogP contribution in [0.25, 0.3) is 0 Å². The molecule has 0 saturated carbocycles. The minimum atomic E-state index is -4.81. The van der Waals surface area contributed by atoms with Crippen LogP contribution < -0.4 is 20.9 Å². The Kier molecular flexibility index (Phi) is 9.92. The normalized spacial score (nSPS) is 11.1. The number of unbranched alkanes of at least 4 members (excludes halogenated alkanes) is 1. The summed E-state index contributed by atoms with van der Waals surface area (Å²) in [6.07, 6.45) is -1.17. The van der Waals surface area contributed by atoms with Crippen LogP contribution in [0.3, 0.4) is 0 Å². The number of alkyl halides is 3. The third kappa shape index (κ3) is 9.50. The molecule has 14 heteroatoms. The Hall–Kier alpha value is -5.14. The maximum Gasteiger partial charge on any atom is 0.573 e. The number of ether oxygens (including phenoxy) is 2. The first-order valence-corrected chi connectivity index (χ1v) is 12.9. The molecule has 0 aliphatic rings. The van der Waals surface area contributed by atoms with Crippen molar-refractivity contribution in [2.45, 2.75) is 45.4 Å². The molecule has 0 unspecified atom stereocenters. The number of benzene rings is 2. The summed E-state index contributed by atoms with van der Waals surface area (Å²) in [7, 11) is 0. The number of amides is 2. The summed E-state index contributed by atoms with van der Waals surface area (Å²) in [6.45, 7) is 0.953. The number of carbonyl (C=O) groups excluding carboxylic acids is 2. The molecule has 2 aromatic carbocycles. The smallest absolute Gasteiger partial charge is 0.444 e. The second-order valence-electron chi connectivity index (χ2n) is 9.09. The van der Waals surface area contributed by atoms with Gasteiger partial charge in [0.15, 0.2) is 5.69 Å². The molecule has 0 bridgehead atoms. The Labute approximate surface area is 237 Å². The van der Waals surface area contributed by atoms with Gasteiger partial charge in [0.05, 0.1) is 11.9 Å². The van der Waals surface area contributed by atoms with Crippen LogP contribution in [0.5, 0.6) is 5.75 Å². The van der Waals surface area contributed by atoms with Gasteiger partial charge in [0.2, 0.25) is 0 Å². The van der Waals surface area contributed by atoms with E-state index in [4.69, 9.17) is 4.74 Å². The molecule has 4 rings (SSSR count). The molecule has 2 aromatic heterocycles. The van der Waals surface area contributed by atoms with Gasteiger partial charge in [-0.2, -0.15) is 0 Å². The van der Waals surface area contributed by atoms with E-state index in [0.29, 0.717) is 37.2 Å². The minimum Gasteiger partial charge on any atom is -0.444 e. The maximum atomic E-state index is 12.4. The van der Waals surface area contributed by atoms with E-state index >= 15 is 0 Å². The lowest BCUT2D eigenvalue weighted by Gasteiger charge is -2.10. The molecule has 0 fully saturated rings. The van der Waals surface area contributed by atoms with E-state index in [0.717, 1.165) is 5.56 Å². The van der Waals surface area contributed by atoms with E-state index in [-0.39, 0.29) is 30.2 Å². The quantitative estimate of drug-likeness (QED) is 0.235. The van der Waals surface area contributed by atoms with Gasteiger partial charge in [-0.1, -0.05) is 47.7 Å². The lowest BCUT2D eigenvalue weighted by molar-refractivity contribution is -0.274. The lowest BCUT2D eigenvalue weighted by Crippen LogP contribution is -2.23. The maximum absolute atomic E-state index is 12.4. The topological polar surface area (TPSA) is 129 Å². The van der Waals surface area contributed by atoms with E-state index < -0.39 is 18.4 Å². The molecule has 2 heterocycles. The fourth-order valence-corrected chi connectivity index (χ4v) is 3.84. The van der Waals surface area contributed by atoms with Crippen LogP contribution >= 0.6 is 0 Å². The largest absolute Gasteiger partial charge is 0.573 e. The molecule has 2 N–H and O–H groups in total. The van der Waals surface area contributed by atoms with Crippen molar-refractivity contribution in [3.8, 4) is 5.75 Å². The van der Waals surface area contributed by atoms with E-state index in [1.807, 2.05) is 30.3 Å². The number of anilines is 1. The van der Waals surface area contributed by atoms with Gasteiger partial charge in [-0.3, -0.25) is 19.6 Å². The monoisotopic (exact) mass is 584 g/mol. The zero-order valence-corrected chi connectivity index (χ0v) is 22.2. The van der Waals surface area contributed by atoms with Crippen molar-refractivity contribution in [3.63, 3.8) is 0 Å². The average Bonchev–Trinajstić information content (AvgIpc) is 3.43. The van der Waals surface area contributed by atoms with Crippen molar-refractivity contribution in [2.24, 2.45) is 0 Å². The van der Waals surface area contributed by atoms with Crippen molar-refractivity contribution in [2.75, 3.05) is 5.32 Å². The number of hydrogen-bond donors (Lipinski definition) is 2. The molecule has 4 aromatic rings. The number of hydrogen-bond acceptors (Lipinski definition) is 7. The number of carbonyl (C=O) groups is 2. The van der Waals surface area contributed by atoms with Crippen molar-refractivity contribution < 1.29 is 32.2 Å². The van der Waals surface area contributed by atoms with Crippen LogP contribution in [0.15, 0.2) is 83.9 Å². The van der Waals surface area contributed by atoms with Crippen LogP contribution in [0.4, 0.5) is 23.7 Å². The van der Waals surface area contributed by atoms with Gasteiger partial charge in [-0.15, -0.1) is 18.3 Å². The van der Waals surface area contributed by atoms with Gasteiger partial charge < -0.3 is 19.4 Å². The lowest BCUT2D eigenvalue weighted by atomic mass is 10.2. The summed E-state index contributed by atoms with van der Waals surface area (Å²) in [6, 6.07) is 17.4. The van der Waals surface area contributed by atoms with Crippen molar-refractivity contribution in [3.05, 3.63) is 106 Å². The molecular formula is C28H27F3N6O5. The molecule has 220 valence electrons. The highest BCUT2D eigenvalue weighted by Gasteiger charge is 2.31. The van der Waals surface area contributed by atoms with Crippen LogP contribution in [0.1, 0.15) is 34.5 Å². The Balaban J connectivity index is 1.17. The molecule has 42 heavy (non-hydrogen) atoms. The van der Waals surface area contributed by atoms with Crippen molar-refractivity contribution in [1.82, 2.24) is 24.9 Å². The summed E-state index contributed by atoms with van der Waals surface area (Å²) >= 11 is 0. The first-order chi connectivity index (χ1) is 20.1. The molecule has 0 spiro atoms. The van der Waals surface area contributed by atoms with Gasteiger partial charge >= 0.3 is 12.5 Å². The van der Waals surface area contributed by atoms with Gasteiger partial charge in [0.1, 0.15) is 12.4 Å². The zero-order chi connectivity index (χ0) is 30.0. The van der Waals surface area contributed by atoms with Crippen LogP contribution in [0, 0.1) is 0 Å². The highest BCUT2D eigenvalue weighted by atomic mass is 19.4. The summed E-state index contributed by atoms with van der Waals surface area (Å²) in [5.41, 5.74) is 1.35. The summed E-state index contributed by atoms with van der Waals surface area (Å²) in [5, 5.41) is 12.9. The Bertz CT molecular complexity index is 1560. The molecule has 0 atom stereocenters. The van der Waals surface area contributed by atoms with E-state index in [2.05, 4.69) is 25.7 Å². The third-order valence-electron chi connectivity index (χ3n) is 5.85. The molecular weight excluding hydrogens is 557 g/mol. The predicted octanol–water partition coefficient (Wildman–Crippen LogP) is 4.50. The number of halogens is 3. The van der Waals surface area contributed by atoms with Gasteiger partial charge in [0, 0.05) is 31.9 Å². The number of aromatic nitrogens is 4. The summed E-state index contributed by atoms with van der Waals surface area (Å²) < 4.78 is 49.2. The molecule has 0 aliphatic carbocycles. The average molecular weight is 585 g/mol. The van der Waals surface area contributed by atoms with E-state index in [1.54, 1.807) is 18.3 Å². The fraction of sp³-hybridized carbons (Fsp3) is 0.250. The first-order valence-electron chi connectivity index (χ1n) is 12.9. The number of nitrogens with zero attached hydrogens (tertiary/aromatic N) is 4. The van der Waals surface area contributed by atoms with E-state index in [9.17, 15) is 27.6 Å². The Morgan fingerprint density at radius 1 is 0.929 bits per heavy atom. The van der Waals surface area contributed by atoms with Crippen LogP contribution in [0.2, 0.25) is 0 Å². The molecule has 2 amide bonds. The van der Waals surface area contributed by atoms with E-state index in [1.165, 1.54) is 39.7 Å². The van der Waals surface area contributed by atoms with Crippen LogP contribution in [-0.4, -0.2) is 37.9 Å². The van der Waals surface area contributed by atoms with Crippen LogP contribution in [-0.2, 0) is 31.0 Å². The Morgan fingerprint density at radius 2 is 1.69 bits per heavy atom. The second-order valence-corrected chi connectivity index (χ2v) is 9.09. The Morgan fingerprint density at radius 3 is 2.45 bits per heavy atom. The number of pyridine rings is 1. The standard InChI is InChI=1S/C28H27F3N6O5/c29-28(30,31)42-23-10-6-9-21(15-23)17-32-26(39)24-18-37(35-34-24)13-5-4-12-36-14-11-22(16-25(36)38)33-27(40)41-19-20-7-2-1-3-8-20/h1-3,6-11,14-16,18H,4-5,12-13,17,19H2,(H,32,39)(H,33,40). The second kappa shape index (κ2) is 14.0. The SMILES string of the molecule is O=C(Nc1ccn(CCCCn2cc(C(=O)NCc3cccc(OC(F)(F)F)c3)nn2)c(=O)c1)OCc1ccccc1. The number of rotatable bonds is 12. The van der Waals surface area contributed by atoms with Gasteiger partial charge in [0.25, 0.3) is 11.5 Å². The third-order valence-corrected chi connectivity index (χ3v) is 5.85.